The normalized spacial score (nSPS) is 13.0. The van der Waals surface area contributed by atoms with Gasteiger partial charge in [0.2, 0.25) is 0 Å². The smallest absolute Gasteiger partial charge is 0.133 e. The van der Waals surface area contributed by atoms with E-state index in [1.165, 1.54) is 5.56 Å². The summed E-state index contributed by atoms with van der Waals surface area (Å²) in [6, 6.07) is 7.53. The first-order valence-electron chi connectivity index (χ1n) is 7.05. The molecular formula is C16H11BrCl2N4. The van der Waals surface area contributed by atoms with Crippen molar-refractivity contribution in [2.24, 2.45) is 0 Å². The summed E-state index contributed by atoms with van der Waals surface area (Å²) in [5, 5.41) is 9.22. The first-order valence-corrected chi connectivity index (χ1v) is 8.60. The first-order chi connectivity index (χ1) is 11.1. The fraction of sp³-hybridized carbons (Fsp3) is 0.125. The van der Waals surface area contributed by atoms with E-state index in [0.717, 1.165) is 40.2 Å². The minimum atomic E-state index is 0.511. The largest absolute Gasteiger partial charge is 0.369 e. The van der Waals surface area contributed by atoms with Gasteiger partial charge in [0.1, 0.15) is 5.82 Å². The van der Waals surface area contributed by atoms with Gasteiger partial charge in [-0.2, -0.15) is 5.10 Å². The van der Waals surface area contributed by atoms with Crippen molar-refractivity contribution in [2.75, 3.05) is 11.9 Å². The van der Waals surface area contributed by atoms with Crippen LogP contribution >= 0.6 is 39.1 Å². The standard InChI is InChI=1S/C16H11BrCl2N4/c17-10-5-9(7-20-8-10)15-12-3-4-21-16(12)23(22-15)11-1-2-13(18)14(19)6-11/h1-2,5-8,21H,3-4H2. The van der Waals surface area contributed by atoms with Crippen molar-refractivity contribution in [3.05, 3.63) is 56.7 Å². The Labute approximate surface area is 151 Å². The lowest BCUT2D eigenvalue weighted by Crippen LogP contribution is -2.04. The van der Waals surface area contributed by atoms with Gasteiger partial charge >= 0.3 is 0 Å². The van der Waals surface area contributed by atoms with Crippen LogP contribution in [0.15, 0.2) is 41.1 Å². The number of hydrogen-bond donors (Lipinski definition) is 1. The molecule has 3 heterocycles. The first kappa shape index (κ1) is 15.0. The summed E-state index contributed by atoms with van der Waals surface area (Å²) < 4.78 is 2.81. The molecule has 0 saturated heterocycles. The van der Waals surface area contributed by atoms with Crippen LogP contribution in [-0.2, 0) is 6.42 Å². The molecule has 7 heteroatoms. The Balaban J connectivity index is 1.89. The summed E-state index contributed by atoms with van der Waals surface area (Å²) in [4.78, 5) is 4.24. The van der Waals surface area contributed by atoms with Crippen LogP contribution in [0.4, 0.5) is 5.82 Å². The van der Waals surface area contributed by atoms with Crippen molar-refractivity contribution in [1.82, 2.24) is 14.8 Å². The maximum Gasteiger partial charge on any atom is 0.133 e. The quantitative estimate of drug-likeness (QED) is 0.649. The molecule has 0 unspecified atom stereocenters. The van der Waals surface area contributed by atoms with Crippen molar-refractivity contribution in [3.8, 4) is 16.9 Å². The highest BCUT2D eigenvalue weighted by Gasteiger charge is 2.24. The average molecular weight is 410 g/mol. The number of benzene rings is 1. The monoisotopic (exact) mass is 408 g/mol. The molecule has 1 N–H and O–H groups in total. The lowest BCUT2D eigenvalue weighted by atomic mass is 10.1. The lowest BCUT2D eigenvalue weighted by Gasteiger charge is -2.07. The molecule has 0 fully saturated rings. The van der Waals surface area contributed by atoms with Crippen LogP contribution in [0.25, 0.3) is 16.9 Å². The van der Waals surface area contributed by atoms with Crippen molar-refractivity contribution < 1.29 is 0 Å². The van der Waals surface area contributed by atoms with Crippen LogP contribution in [0.1, 0.15) is 5.56 Å². The maximum atomic E-state index is 6.15. The second-order valence-corrected chi connectivity index (χ2v) is 6.98. The van der Waals surface area contributed by atoms with Gasteiger partial charge in [-0.15, -0.1) is 0 Å². The number of hydrogen-bond acceptors (Lipinski definition) is 3. The van der Waals surface area contributed by atoms with Crippen LogP contribution in [0.3, 0.4) is 0 Å². The summed E-state index contributed by atoms with van der Waals surface area (Å²) in [5.41, 5.74) is 3.98. The number of halogens is 3. The average Bonchev–Trinajstić information content (AvgIpc) is 3.12. The molecule has 23 heavy (non-hydrogen) atoms. The van der Waals surface area contributed by atoms with E-state index in [1.807, 2.05) is 29.1 Å². The highest BCUT2D eigenvalue weighted by Crippen LogP contribution is 2.36. The second kappa shape index (κ2) is 5.82. The number of rotatable bonds is 2. The van der Waals surface area contributed by atoms with Gasteiger partial charge in [-0.1, -0.05) is 23.2 Å². The van der Waals surface area contributed by atoms with Gasteiger partial charge in [0.15, 0.2) is 0 Å². The minimum absolute atomic E-state index is 0.511. The van der Waals surface area contributed by atoms with E-state index in [-0.39, 0.29) is 0 Å². The van der Waals surface area contributed by atoms with Crippen molar-refractivity contribution >= 4 is 44.9 Å². The number of fused-ring (bicyclic) bond motifs is 1. The molecule has 4 rings (SSSR count). The molecular weight excluding hydrogens is 399 g/mol. The second-order valence-electron chi connectivity index (χ2n) is 5.25. The van der Waals surface area contributed by atoms with Gasteiger partial charge in [-0.05, 0) is 46.6 Å². The Kier molecular flexibility index (Phi) is 3.79. The molecule has 0 amide bonds. The topological polar surface area (TPSA) is 42.7 Å². The van der Waals surface area contributed by atoms with Gasteiger partial charge in [0.25, 0.3) is 0 Å². The van der Waals surface area contributed by atoms with E-state index in [9.17, 15) is 0 Å². The van der Waals surface area contributed by atoms with E-state index in [1.54, 1.807) is 12.3 Å². The van der Waals surface area contributed by atoms with Gasteiger partial charge in [-0.3, -0.25) is 4.98 Å². The maximum absolute atomic E-state index is 6.15. The molecule has 1 aliphatic rings. The molecule has 4 nitrogen and oxygen atoms in total. The predicted octanol–water partition coefficient (Wildman–Crippen LogP) is 4.97. The van der Waals surface area contributed by atoms with Crippen molar-refractivity contribution in [1.29, 1.82) is 0 Å². The number of pyridine rings is 1. The summed E-state index contributed by atoms with van der Waals surface area (Å²) >= 11 is 15.6. The lowest BCUT2D eigenvalue weighted by molar-refractivity contribution is 0.882. The van der Waals surface area contributed by atoms with E-state index < -0.39 is 0 Å². The minimum Gasteiger partial charge on any atom is -0.369 e. The Bertz CT molecular complexity index is 907. The van der Waals surface area contributed by atoms with E-state index in [2.05, 4.69) is 26.2 Å². The van der Waals surface area contributed by atoms with Crippen LogP contribution in [0.5, 0.6) is 0 Å². The zero-order chi connectivity index (χ0) is 16.0. The van der Waals surface area contributed by atoms with E-state index >= 15 is 0 Å². The fourth-order valence-corrected chi connectivity index (χ4v) is 3.41. The number of nitrogens with zero attached hydrogens (tertiary/aromatic N) is 3. The van der Waals surface area contributed by atoms with Gasteiger partial charge < -0.3 is 5.32 Å². The Morgan fingerprint density at radius 2 is 2.00 bits per heavy atom. The highest BCUT2D eigenvalue weighted by molar-refractivity contribution is 9.10. The molecule has 0 spiro atoms. The Morgan fingerprint density at radius 1 is 1.13 bits per heavy atom. The van der Waals surface area contributed by atoms with Gasteiger partial charge in [-0.25, -0.2) is 4.68 Å². The summed E-state index contributed by atoms with van der Waals surface area (Å²) in [6.45, 7) is 0.892. The van der Waals surface area contributed by atoms with Crippen LogP contribution in [-0.4, -0.2) is 21.3 Å². The molecule has 116 valence electrons. The molecule has 0 saturated carbocycles. The van der Waals surface area contributed by atoms with Crippen molar-refractivity contribution in [2.45, 2.75) is 6.42 Å². The van der Waals surface area contributed by atoms with E-state index in [4.69, 9.17) is 28.3 Å². The third-order valence-corrected chi connectivity index (χ3v) is 4.95. The molecule has 0 aliphatic carbocycles. The van der Waals surface area contributed by atoms with Crippen LogP contribution in [0.2, 0.25) is 10.0 Å². The zero-order valence-corrected chi connectivity index (χ0v) is 15.0. The zero-order valence-electron chi connectivity index (χ0n) is 11.9. The summed E-state index contributed by atoms with van der Waals surface area (Å²) in [5.74, 6) is 0.998. The molecule has 0 radical (unpaired) electrons. The third kappa shape index (κ3) is 2.63. The van der Waals surface area contributed by atoms with Gasteiger partial charge in [0.05, 0.1) is 21.4 Å². The SMILES string of the molecule is Clc1ccc(-n2nc(-c3cncc(Br)c3)c3c2NCC3)cc1Cl. The Hall–Kier alpha value is -1.56. The molecule has 0 atom stereocenters. The highest BCUT2D eigenvalue weighted by atomic mass is 79.9. The van der Waals surface area contributed by atoms with Crippen LogP contribution in [0, 0.1) is 0 Å². The molecule has 0 bridgehead atoms. The fourth-order valence-electron chi connectivity index (χ4n) is 2.75. The van der Waals surface area contributed by atoms with E-state index in [0.29, 0.717) is 10.0 Å². The molecule has 2 aromatic heterocycles. The number of nitrogens with one attached hydrogen (secondary N) is 1. The summed E-state index contributed by atoms with van der Waals surface area (Å²) in [6.07, 6.45) is 4.52. The summed E-state index contributed by atoms with van der Waals surface area (Å²) in [7, 11) is 0. The molecule has 1 aromatic carbocycles. The Morgan fingerprint density at radius 3 is 2.78 bits per heavy atom. The molecule has 3 aromatic rings. The predicted molar refractivity (Wildman–Crippen MR) is 96.7 cm³/mol. The number of anilines is 1. The molecule has 1 aliphatic heterocycles. The number of aromatic nitrogens is 3. The van der Waals surface area contributed by atoms with Crippen LogP contribution < -0.4 is 5.32 Å². The van der Waals surface area contributed by atoms with Gasteiger partial charge in [0, 0.05) is 34.5 Å². The third-order valence-electron chi connectivity index (χ3n) is 3.78. The van der Waals surface area contributed by atoms with Crippen molar-refractivity contribution in [3.63, 3.8) is 0 Å².